The van der Waals surface area contributed by atoms with Gasteiger partial charge in [-0.05, 0) is 30.5 Å². The fraction of sp³-hybridized carbons (Fsp3) is 0.500. The van der Waals surface area contributed by atoms with Crippen LogP contribution in [0.15, 0.2) is 30.7 Å². The summed E-state index contributed by atoms with van der Waals surface area (Å²) in [6.45, 7) is 2.84. The molecule has 1 fully saturated rings. The van der Waals surface area contributed by atoms with Gasteiger partial charge in [-0.2, -0.15) is 0 Å². The van der Waals surface area contributed by atoms with Crippen molar-refractivity contribution in [3.8, 4) is 11.5 Å². The standard InChI is InChI=1S/C18H23N3O3/c1-21-12-19-11-15(21)17-9-14(4-5-22-17)20-10-13-2-3-16-18(8-13)24-7-6-23-16/h2-3,8,11-12,14,17,20H,4-7,9-10H2,1H3/t14-,17+/m0/s1. The monoisotopic (exact) mass is 329 g/mol. The molecule has 6 heteroatoms. The molecule has 4 rings (SSSR count). The Bertz CT molecular complexity index is 701. The van der Waals surface area contributed by atoms with Crippen LogP contribution in [0.5, 0.6) is 11.5 Å². The lowest BCUT2D eigenvalue weighted by molar-refractivity contribution is -0.00404. The topological polar surface area (TPSA) is 57.5 Å². The third-order valence-corrected chi connectivity index (χ3v) is 4.67. The van der Waals surface area contributed by atoms with Crippen molar-refractivity contribution in [1.29, 1.82) is 0 Å². The Morgan fingerprint density at radius 2 is 2.08 bits per heavy atom. The summed E-state index contributed by atoms with van der Waals surface area (Å²) in [4.78, 5) is 4.19. The second-order valence-corrected chi connectivity index (χ2v) is 6.37. The highest BCUT2D eigenvalue weighted by molar-refractivity contribution is 5.43. The molecule has 1 aromatic carbocycles. The summed E-state index contributed by atoms with van der Waals surface area (Å²) >= 11 is 0. The van der Waals surface area contributed by atoms with Crippen LogP contribution >= 0.6 is 0 Å². The first kappa shape index (κ1) is 15.5. The van der Waals surface area contributed by atoms with Crippen LogP contribution in [0.25, 0.3) is 0 Å². The fourth-order valence-corrected chi connectivity index (χ4v) is 3.33. The lowest BCUT2D eigenvalue weighted by Gasteiger charge is -2.30. The smallest absolute Gasteiger partial charge is 0.161 e. The van der Waals surface area contributed by atoms with E-state index in [1.807, 2.05) is 30.2 Å². The number of nitrogens with zero attached hydrogens (tertiary/aromatic N) is 2. The number of imidazole rings is 1. The number of nitrogens with one attached hydrogen (secondary N) is 1. The van der Waals surface area contributed by atoms with Gasteiger partial charge in [0.25, 0.3) is 0 Å². The van der Waals surface area contributed by atoms with Crippen LogP contribution in [0.1, 0.15) is 30.2 Å². The van der Waals surface area contributed by atoms with E-state index in [4.69, 9.17) is 14.2 Å². The van der Waals surface area contributed by atoms with E-state index in [0.29, 0.717) is 19.3 Å². The molecule has 128 valence electrons. The number of aryl methyl sites for hydroxylation is 1. The maximum absolute atomic E-state index is 5.92. The van der Waals surface area contributed by atoms with Gasteiger partial charge in [-0.25, -0.2) is 4.98 Å². The molecule has 3 heterocycles. The third-order valence-electron chi connectivity index (χ3n) is 4.67. The predicted octanol–water partition coefficient (Wildman–Crippen LogP) is 2.20. The summed E-state index contributed by atoms with van der Waals surface area (Å²) in [6, 6.07) is 6.60. The summed E-state index contributed by atoms with van der Waals surface area (Å²) in [5.41, 5.74) is 2.35. The van der Waals surface area contributed by atoms with Crippen molar-refractivity contribution in [2.45, 2.75) is 31.5 Å². The van der Waals surface area contributed by atoms with Gasteiger partial charge in [0.1, 0.15) is 19.3 Å². The van der Waals surface area contributed by atoms with Crippen LogP contribution in [0.2, 0.25) is 0 Å². The summed E-state index contributed by atoms with van der Waals surface area (Å²) in [5.74, 6) is 1.69. The molecule has 0 amide bonds. The second-order valence-electron chi connectivity index (χ2n) is 6.37. The summed E-state index contributed by atoms with van der Waals surface area (Å²) < 4.78 is 19.2. The summed E-state index contributed by atoms with van der Waals surface area (Å²) in [5, 5.41) is 3.65. The van der Waals surface area contributed by atoms with E-state index in [9.17, 15) is 0 Å². The van der Waals surface area contributed by atoms with Crippen LogP contribution in [-0.4, -0.2) is 35.4 Å². The van der Waals surface area contributed by atoms with Crippen LogP contribution in [0.3, 0.4) is 0 Å². The van der Waals surface area contributed by atoms with Crippen molar-refractivity contribution >= 4 is 0 Å². The van der Waals surface area contributed by atoms with Crippen molar-refractivity contribution in [3.63, 3.8) is 0 Å². The third kappa shape index (κ3) is 3.25. The van der Waals surface area contributed by atoms with E-state index in [2.05, 4.69) is 22.4 Å². The Morgan fingerprint density at radius 3 is 2.92 bits per heavy atom. The van der Waals surface area contributed by atoms with E-state index >= 15 is 0 Å². The lowest BCUT2D eigenvalue weighted by atomic mass is 10.0. The molecule has 2 atom stereocenters. The number of ether oxygens (including phenoxy) is 3. The largest absolute Gasteiger partial charge is 0.486 e. The Morgan fingerprint density at radius 1 is 1.21 bits per heavy atom. The normalized spacial score (nSPS) is 23.2. The molecular formula is C18H23N3O3. The zero-order chi connectivity index (χ0) is 16.4. The van der Waals surface area contributed by atoms with Crippen LogP contribution in [-0.2, 0) is 18.3 Å². The molecule has 0 bridgehead atoms. The molecule has 2 aliphatic rings. The maximum Gasteiger partial charge on any atom is 0.161 e. The zero-order valence-electron chi connectivity index (χ0n) is 13.9. The number of benzene rings is 1. The Hall–Kier alpha value is -2.05. The molecule has 0 spiro atoms. The van der Waals surface area contributed by atoms with Crippen molar-refractivity contribution in [2.24, 2.45) is 7.05 Å². The number of fused-ring (bicyclic) bond motifs is 1. The minimum Gasteiger partial charge on any atom is -0.486 e. The molecule has 1 saturated heterocycles. The average molecular weight is 329 g/mol. The fourth-order valence-electron chi connectivity index (χ4n) is 3.33. The van der Waals surface area contributed by atoms with Gasteiger partial charge >= 0.3 is 0 Å². The second kappa shape index (κ2) is 6.83. The SMILES string of the molecule is Cn1cncc1[C@H]1C[C@@H](NCc2ccc3c(c2)OCCO3)CCO1. The molecule has 2 aromatic rings. The first-order valence-corrected chi connectivity index (χ1v) is 8.49. The van der Waals surface area contributed by atoms with Crippen molar-refractivity contribution in [1.82, 2.24) is 14.9 Å². The van der Waals surface area contributed by atoms with Crippen LogP contribution < -0.4 is 14.8 Å². The predicted molar refractivity (Wildman–Crippen MR) is 89.2 cm³/mol. The van der Waals surface area contributed by atoms with Crippen molar-refractivity contribution in [2.75, 3.05) is 19.8 Å². The Labute approximate surface area is 141 Å². The molecule has 0 unspecified atom stereocenters. The Kier molecular flexibility index (Phi) is 4.40. The van der Waals surface area contributed by atoms with Gasteiger partial charge in [0.05, 0.1) is 18.2 Å². The van der Waals surface area contributed by atoms with E-state index in [0.717, 1.165) is 43.2 Å². The molecule has 6 nitrogen and oxygen atoms in total. The first-order valence-electron chi connectivity index (χ1n) is 8.49. The average Bonchev–Trinajstić information content (AvgIpc) is 3.06. The molecular weight excluding hydrogens is 306 g/mol. The highest BCUT2D eigenvalue weighted by atomic mass is 16.6. The minimum atomic E-state index is 0.115. The summed E-state index contributed by atoms with van der Waals surface area (Å²) in [7, 11) is 2.01. The first-order chi connectivity index (χ1) is 11.8. The molecule has 0 aliphatic carbocycles. The van der Waals surface area contributed by atoms with Crippen molar-refractivity contribution < 1.29 is 14.2 Å². The minimum absolute atomic E-state index is 0.115. The van der Waals surface area contributed by atoms with Gasteiger partial charge in [-0.3, -0.25) is 0 Å². The highest BCUT2D eigenvalue weighted by Gasteiger charge is 2.25. The van der Waals surface area contributed by atoms with Gasteiger partial charge in [0.2, 0.25) is 0 Å². The molecule has 24 heavy (non-hydrogen) atoms. The van der Waals surface area contributed by atoms with Gasteiger partial charge in [-0.1, -0.05) is 6.07 Å². The quantitative estimate of drug-likeness (QED) is 0.932. The summed E-state index contributed by atoms with van der Waals surface area (Å²) in [6.07, 6.45) is 5.82. The molecule has 1 aromatic heterocycles. The van der Waals surface area contributed by atoms with Gasteiger partial charge in [-0.15, -0.1) is 0 Å². The molecule has 0 saturated carbocycles. The Balaban J connectivity index is 1.36. The number of aromatic nitrogens is 2. The van der Waals surface area contributed by atoms with E-state index in [1.165, 1.54) is 5.56 Å². The lowest BCUT2D eigenvalue weighted by Crippen LogP contribution is -2.36. The van der Waals surface area contributed by atoms with Crippen LogP contribution in [0.4, 0.5) is 0 Å². The van der Waals surface area contributed by atoms with Gasteiger partial charge in [0, 0.05) is 26.2 Å². The van der Waals surface area contributed by atoms with Crippen LogP contribution in [0, 0.1) is 0 Å². The van der Waals surface area contributed by atoms with E-state index in [-0.39, 0.29) is 6.10 Å². The molecule has 1 N–H and O–H groups in total. The maximum atomic E-state index is 5.92. The highest BCUT2D eigenvalue weighted by Crippen LogP contribution is 2.31. The molecule has 0 radical (unpaired) electrons. The number of hydrogen-bond acceptors (Lipinski definition) is 5. The van der Waals surface area contributed by atoms with Crippen molar-refractivity contribution in [3.05, 3.63) is 42.0 Å². The number of hydrogen-bond donors (Lipinski definition) is 1. The number of rotatable bonds is 4. The van der Waals surface area contributed by atoms with Gasteiger partial charge < -0.3 is 24.1 Å². The van der Waals surface area contributed by atoms with E-state index in [1.54, 1.807) is 0 Å². The van der Waals surface area contributed by atoms with E-state index < -0.39 is 0 Å². The zero-order valence-corrected chi connectivity index (χ0v) is 13.9. The van der Waals surface area contributed by atoms with Gasteiger partial charge in [0.15, 0.2) is 11.5 Å². The molecule has 2 aliphatic heterocycles.